The summed E-state index contributed by atoms with van der Waals surface area (Å²) in [6, 6.07) is 7.46. The molecule has 4 rings (SSSR count). The highest BCUT2D eigenvalue weighted by atomic mass is 19.4. The average Bonchev–Trinajstić information content (AvgIpc) is 3.04. The second-order valence-electron chi connectivity index (χ2n) is 9.08. The number of pyridine rings is 1. The average molecular weight is 548 g/mol. The van der Waals surface area contributed by atoms with Gasteiger partial charge in [0.25, 0.3) is 5.91 Å². The van der Waals surface area contributed by atoms with Crippen LogP contribution in [0.5, 0.6) is 0 Å². The van der Waals surface area contributed by atoms with Crippen molar-refractivity contribution in [3.63, 3.8) is 0 Å². The molecule has 0 bridgehead atoms. The van der Waals surface area contributed by atoms with E-state index in [4.69, 9.17) is 0 Å². The van der Waals surface area contributed by atoms with E-state index in [0.717, 1.165) is 23.1 Å². The van der Waals surface area contributed by atoms with Crippen LogP contribution in [-0.2, 0) is 22.3 Å². The third-order valence-corrected chi connectivity index (χ3v) is 6.17. The number of nitrogens with one attached hydrogen (secondary N) is 1. The van der Waals surface area contributed by atoms with Crippen LogP contribution >= 0.6 is 0 Å². The maximum atomic E-state index is 14.1. The summed E-state index contributed by atoms with van der Waals surface area (Å²) in [5, 5.41) is 2.94. The highest BCUT2D eigenvalue weighted by Crippen LogP contribution is 2.38. The lowest BCUT2D eigenvalue weighted by Crippen LogP contribution is -2.43. The van der Waals surface area contributed by atoms with E-state index in [2.05, 4.69) is 15.0 Å². The summed E-state index contributed by atoms with van der Waals surface area (Å²) in [6.07, 6.45) is -3.73. The van der Waals surface area contributed by atoms with Crippen molar-refractivity contribution in [2.75, 3.05) is 17.3 Å². The maximum absolute atomic E-state index is 14.1. The summed E-state index contributed by atoms with van der Waals surface area (Å²) in [4.78, 5) is 43.8. The fraction of sp³-hybridized carbons (Fsp3) is 0.231. The van der Waals surface area contributed by atoms with Gasteiger partial charge in [0.2, 0.25) is 0 Å². The number of amides is 3. The van der Waals surface area contributed by atoms with Gasteiger partial charge in [-0.15, -0.1) is 0 Å². The number of halogens is 5. The van der Waals surface area contributed by atoms with Crippen molar-refractivity contribution in [1.29, 1.82) is 0 Å². The van der Waals surface area contributed by atoms with Gasteiger partial charge in [-0.1, -0.05) is 6.07 Å². The normalized spacial score (nSPS) is 15.1. The Kier molecular flexibility index (Phi) is 7.02. The number of urea groups is 1. The van der Waals surface area contributed by atoms with E-state index < -0.39 is 52.5 Å². The Hall–Kier alpha value is -4.55. The third-order valence-electron chi connectivity index (χ3n) is 6.17. The Labute approximate surface area is 219 Å². The first-order valence-corrected chi connectivity index (χ1v) is 11.4. The van der Waals surface area contributed by atoms with Gasteiger partial charge >= 0.3 is 18.2 Å². The van der Waals surface area contributed by atoms with Crippen molar-refractivity contribution in [1.82, 2.24) is 9.88 Å². The number of rotatable bonds is 6. The Morgan fingerprint density at radius 1 is 1.05 bits per heavy atom. The molecule has 204 valence electrons. The Balaban J connectivity index is 1.65. The molecule has 0 radical (unpaired) electrons. The smallest absolute Gasteiger partial charge is 0.419 e. The zero-order valence-electron chi connectivity index (χ0n) is 20.8. The summed E-state index contributed by atoms with van der Waals surface area (Å²) >= 11 is 0. The van der Waals surface area contributed by atoms with E-state index in [-0.39, 0.29) is 17.9 Å². The molecule has 39 heavy (non-hydrogen) atoms. The number of methoxy groups -OCH3 is 1. The van der Waals surface area contributed by atoms with E-state index in [1.54, 1.807) is 0 Å². The molecule has 2 heterocycles. The first-order valence-electron chi connectivity index (χ1n) is 11.4. The topological polar surface area (TPSA) is 91.8 Å². The number of nitrogens with zero attached hydrogens (tertiary/aromatic N) is 3. The first-order chi connectivity index (χ1) is 18.2. The van der Waals surface area contributed by atoms with E-state index in [1.165, 1.54) is 45.4 Å². The molecule has 3 amide bonds. The molecule has 1 aliphatic heterocycles. The van der Waals surface area contributed by atoms with Gasteiger partial charge in [0, 0.05) is 5.69 Å². The van der Waals surface area contributed by atoms with Crippen LogP contribution in [0, 0.1) is 11.6 Å². The minimum absolute atomic E-state index is 0.0417. The zero-order valence-corrected chi connectivity index (χ0v) is 20.8. The maximum Gasteiger partial charge on any atom is 0.419 e. The fourth-order valence-corrected chi connectivity index (χ4v) is 4.02. The van der Waals surface area contributed by atoms with Crippen LogP contribution in [0.15, 0.2) is 54.7 Å². The zero-order chi connectivity index (χ0) is 28.7. The van der Waals surface area contributed by atoms with Crippen LogP contribution in [0.3, 0.4) is 0 Å². The molecule has 13 heteroatoms. The predicted molar refractivity (Wildman–Crippen MR) is 129 cm³/mol. The van der Waals surface area contributed by atoms with Crippen molar-refractivity contribution < 1.29 is 41.1 Å². The minimum atomic E-state index is -5.04. The molecule has 8 nitrogen and oxygen atoms in total. The second-order valence-corrected chi connectivity index (χ2v) is 9.08. The molecular formula is C26H21F5N4O4. The second kappa shape index (κ2) is 9.97. The molecule has 1 fully saturated rings. The number of carbonyl (C=O) groups is 3. The van der Waals surface area contributed by atoms with Crippen LogP contribution in [-0.4, -0.2) is 40.4 Å². The van der Waals surface area contributed by atoms with Gasteiger partial charge < -0.3 is 15.0 Å². The lowest BCUT2D eigenvalue weighted by atomic mass is 10.0. The summed E-state index contributed by atoms with van der Waals surface area (Å²) in [5.74, 6) is -3.64. The van der Waals surface area contributed by atoms with Crippen LogP contribution in [0.4, 0.5) is 43.8 Å². The molecule has 1 aliphatic rings. The van der Waals surface area contributed by atoms with E-state index in [9.17, 15) is 36.3 Å². The molecule has 0 aliphatic carbocycles. The van der Waals surface area contributed by atoms with Gasteiger partial charge in [-0.3, -0.25) is 4.79 Å². The molecule has 1 aromatic heterocycles. The number of alkyl halides is 3. The SMILES string of the molecule is COC(=O)c1ccc(Nc2cc(F)ccc2CN2C(=O)N(c3ccc(F)c(C(F)(F)F)c3)C(=O)C2(C)C)cn1. The Bertz CT molecular complexity index is 1460. The van der Waals surface area contributed by atoms with Crippen molar-refractivity contribution >= 4 is 35.0 Å². The van der Waals surface area contributed by atoms with Crippen molar-refractivity contribution in [3.05, 3.63) is 83.2 Å². The molecule has 0 spiro atoms. The van der Waals surface area contributed by atoms with Crippen molar-refractivity contribution in [2.45, 2.75) is 32.1 Å². The highest BCUT2D eigenvalue weighted by Gasteiger charge is 2.52. The fourth-order valence-electron chi connectivity index (χ4n) is 4.02. The summed E-state index contributed by atoms with van der Waals surface area (Å²) in [7, 11) is 1.20. The van der Waals surface area contributed by atoms with Gasteiger partial charge in [0.15, 0.2) is 0 Å². The lowest BCUT2D eigenvalue weighted by molar-refractivity contribution is -0.140. The standard InChI is InChI=1S/C26H21F5N4O4/c1-25(2)23(37)35(17-7-8-19(28)18(11-17)26(29,30)31)24(38)34(25)13-14-4-5-15(27)10-21(14)33-16-6-9-20(32-12-16)22(36)39-3/h4-12,33H,13H2,1-3H3. The number of ether oxygens (including phenoxy) is 1. The number of esters is 1. The summed E-state index contributed by atoms with van der Waals surface area (Å²) in [6.45, 7) is 2.58. The largest absolute Gasteiger partial charge is 0.464 e. The van der Waals surface area contributed by atoms with Gasteiger partial charge in [-0.05, 0) is 61.9 Å². The summed E-state index contributed by atoms with van der Waals surface area (Å²) in [5.41, 5.74) is -2.60. The monoisotopic (exact) mass is 548 g/mol. The highest BCUT2D eigenvalue weighted by molar-refractivity contribution is 6.23. The van der Waals surface area contributed by atoms with E-state index in [1.807, 2.05) is 0 Å². The van der Waals surface area contributed by atoms with Gasteiger partial charge in [0.1, 0.15) is 22.9 Å². The number of hydrogen-bond acceptors (Lipinski definition) is 6. The minimum Gasteiger partial charge on any atom is -0.464 e. The van der Waals surface area contributed by atoms with Crippen LogP contribution in [0.2, 0.25) is 0 Å². The first kappa shape index (κ1) is 27.5. The number of benzene rings is 2. The van der Waals surface area contributed by atoms with E-state index in [0.29, 0.717) is 28.3 Å². The van der Waals surface area contributed by atoms with Gasteiger partial charge in [-0.25, -0.2) is 28.3 Å². The number of anilines is 3. The van der Waals surface area contributed by atoms with Gasteiger partial charge in [0.05, 0.1) is 36.8 Å². The predicted octanol–water partition coefficient (Wildman–Crippen LogP) is 5.66. The number of hydrogen-bond donors (Lipinski definition) is 1. The number of carbonyl (C=O) groups excluding carboxylic acids is 3. The van der Waals surface area contributed by atoms with E-state index >= 15 is 0 Å². The lowest BCUT2D eigenvalue weighted by Gasteiger charge is -2.28. The molecule has 0 atom stereocenters. The Morgan fingerprint density at radius 3 is 2.38 bits per heavy atom. The molecule has 1 N–H and O–H groups in total. The molecule has 3 aromatic rings. The quantitative estimate of drug-likeness (QED) is 0.243. The Morgan fingerprint density at radius 2 is 1.77 bits per heavy atom. The summed E-state index contributed by atoms with van der Waals surface area (Å²) < 4.78 is 72.3. The number of imide groups is 1. The van der Waals surface area contributed by atoms with Crippen LogP contribution in [0.25, 0.3) is 0 Å². The number of aromatic nitrogens is 1. The molecule has 0 unspecified atom stereocenters. The molecule has 2 aromatic carbocycles. The van der Waals surface area contributed by atoms with Crippen LogP contribution < -0.4 is 10.2 Å². The third kappa shape index (κ3) is 5.24. The molecule has 1 saturated heterocycles. The van der Waals surface area contributed by atoms with Crippen molar-refractivity contribution in [2.24, 2.45) is 0 Å². The van der Waals surface area contributed by atoms with Crippen molar-refractivity contribution in [3.8, 4) is 0 Å². The molecular weight excluding hydrogens is 527 g/mol. The molecule has 0 saturated carbocycles. The van der Waals surface area contributed by atoms with Crippen LogP contribution in [0.1, 0.15) is 35.5 Å². The van der Waals surface area contributed by atoms with Gasteiger partial charge in [-0.2, -0.15) is 13.2 Å².